The van der Waals surface area contributed by atoms with Gasteiger partial charge in [-0.1, -0.05) is 6.92 Å². The molecule has 0 aliphatic carbocycles. The van der Waals surface area contributed by atoms with Crippen LogP contribution in [0.3, 0.4) is 0 Å². The highest BCUT2D eigenvalue weighted by Crippen LogP contribution is 2.19. The molecule has 108 valence electrons. The van der Waals surface area contributed by atoms with Crippen LogP contribution >= 0.6 is 0 Å². The Morgan fingerprint density at radius 3 is 2.95 bits per heavy atom. The van der Waals surface area contributed by atoms with Crippen molar-refractivity contribution in [1.29, 1.82) is 0 Å². The van der Waals surface area contributed by atoms with Crippen molar-refractivity contribution in [1.82, 2.24) is 20.2 Å². The van der Waals surface area contributed by atoms with Crippen LogP contribution in [0.5, 0.6) is 0 Å². The maximum absolute atomic E-state index is 12.4. The van der Waals surface area contributed by atoms with E-state index >= 15 is 0 Å². The lowest BCUT2D eigenvalue weighted by Gasteiger charge is -2.12. The molecule has 1 aliphatic heterocycles. The van der Waals surface area contributed by atoms with Gasteiger partial charge in [-0.05, 0) is 19.9 Å². The lowest BCUT2D eigenvalue weighted by Crippen LogP contribution is -2.35. The van der Waals surface area contributed by atoms with Gasteiger partial charge in [0.15, 0.2) is 0 Å². The molecule has 7 nitrogen and oxygen atoms in total. The second-order valence-corrected chi connectivity index (χ2v) is 6.24. The molecule has 1 aromatic rings. The second-order valence-electron chi connectivity index (χ2n) is 4.59. The summed E-state index contributed by atoms with van der Waals surface area (Å²) in [6.07, 6.45) is 0.707. The first-order valence-electron chi connectivity index (χ1n) is 6.39. The molecule has 3 N–H and O–H groups in total. The summed E-state index contributed by atoms with van der Waals surface area (Å²) in [6.45, 7) is 5.89. The zero-order valence-corrected chi connectivity index (χ0v) is 12.0. The Balaban J connectivity index is 2.20. The summed E-state index contributed by atoms with van der Waals surface area (Å²) in [7, 11) is -3.56. The van der Waals surface area contributed by atoms with Crippen LogP contribution < -0.4 is 10.0 Å². The number of H-pyrrole nitrogens is 1. The number of hydrogen-bond acceptors (Lipinski definition) is 5. The summed E-state index contributed by atoms with van der Waals surface area (Å²) in [5, 5.41) is 9.88. The van der Waals surface area contributed by atoms with Crippen molar-refractivity contribution in [2.45, 2.75) is 37.8 Å². The minimum absolute atomic E-state index is 0.147. The summed E-state index contributed by atoms with van der Waals surface area (Å²) in [4.78, 5) is 0.250. The highest BCUT2D eigenvalue weighted by atomic mass is 32.2. The molecule has 1 unspecified atom stereocenters. The average Bonchev–Trinajstić information content (AvgIpc) is 2.95. The Bertz CT molecular complexity index is 520. The fourth-order valence-electron chi connectivity index (χ4n) is 2.09. The number of aromatic amines is 1. The number of ether oxygens (including phenoxy) is 1. The van der Waals surface area contributed by atoms with Crippen LogP contribution in [-0.2, 0) is 21.3 Å². The van der Waals surface area contributed by atoms with Gasteiger partial charge in [0.2, 0.25) is 10.0 Å². The van der Waals surface area contributed by atoms with Gasteiger partial charge in [-0.25, -0.2) is 13.1 Å². The monoisotopic (exact) mass is 288 g/mol. The van der Waals surface area contributed by atoms with E-state index in [9.17, 15) is 8.42 Å². The summed E-state index contributed by atoms with van der Waals surface area (Å²) in [6, 6.07) is -0.147. The van der Waals surface area contributed by atoms with E-state index in [4.69, 9.17) is 4.74 Å². The zero-order chi connectivity index (χ0) is 13.9. The molecule has 1 aromatic heterocycles. The smallest absolute Gasteiger partial charge is 0.244 e. The van der Waals surface area contributed by atoms with Crippen LogP contribution in [0.4, 0.5) is 0 Å². The predicted molar refractivity (Wildman–Crippen MR) is 70.3 cm³/mol. The lowest BCUT2D eigenvalue weighted by molar-refractivity contribution is 0.192. The molecule has 2 rings (SSSR count). The van der Waals surface area contributed by atoms with E-state index < -0.39 is 10.0 Å². The Labute approximate surface area is 113 Å². The molecule has 8 heteroatoms. The third-order valence-corrected chi connectivity index (χ3v) is 4.75. The first kappa shape index (κ1) is 14.4. The third-order valence-electron chi connectivity index (χ3n) is 3.02. The van der Waals surface area contributed by atoms with Crippen LogP contribution in [0.2, 0.25) is 0 Å². The maximum atomic E-state index is 12.4. The highest BCUT2D eigenvalue weighted by Gasteiger charge is 2.28. The van der Waals surface area contributed by atoms with Crippen molar-refractivity contribution in [3.05, 3.63) is 11.4 Å². The van der Waals surface area contributed by atoms with Gasteiger partial charge < -0.3 is 10.1 Å². The summed E-state index contributed by atoms with van der Waals surface area (Å²) < 4.78 is 32.7. The molecule has 0 amide bonds. The first-order chi connectivity index (χ1) is 9.04. The van der Waals surface area contributed by atoms with E-state index in [0.717, 1.165) is 6.54 Å². The van der Waals surface area contributed by atoms with Gasteiger partial charge >= 0.3 is 0 Å². The average molecular weight is 288 g/mol. The number of nitrogens with zero attached hydrogens (tertiary/aromatic N) is 1. The van der Waals surface area contributed by atoms with E-state index in [1.54, 1.807) is 6.92 Å². The number of hydrogen-bond donors (Lipinski definition) is 3. The minimum atomic E-state index is -3.56. The van der Waals surface area contributed by atoms with Crippen molar-refractivity contribution >= 4 is 10.0 Å². The maximum Gasteiger partial charge on any atom is 0.244 e. The molecule has 0 saturated carbocycles. The van der Waals surface area contributed by atoms with Gasteiger partial charge in [0, 0.05) is 19.2 Å². The number of nitrogens with one attached hydrogen (secondary N) is 3. The Kier molecular flexibility index (Phi) is 4.56. The van der Waals surface area contributed by atoms with E-state index in [0.29, 0.717) is 37.6 Å². The molecule has 1 fully saturated rings. The van der Waals surface area contributed by atoms with Crippen LogP contribution in [0.1, 0.15) is 24.7 Å². The van der Waals surface area contributed by atoms with Crippen LogP contribution in [0.25, 0.3) is 0 Å². The number of sulfonamides is 1. The van der Waals surface area contributed by atoms with Crippen molar-refractivity contribution in [2.24, 2.45) is 0 Å². The Hall–Kier alpha value is -0.960. The van der Waals surface area contributed by atoms with Gasteiger partial charge in [0.25, 0.3) is 0 Å². The summed E-state index contributed by atoms with van der Waals surface area (Å²) in [5.41, 5.74) is 1.07. The molecular weight excluding hydrogens is 268 g/mol. The van der Waals surface area contributed by atoms with E-state index in [2.05, 4.69) is 20.2 Å². The van der Waals surface area contributed by atoms with E-state index in [-0.39, 0.29) is 10.9 Å². The third kappa shape index (κ3) is 3.33. The molecule has 0 radical (unpaired) electrons. The predicted octanol–water partition coefficient (Wildman–Crippen LogP) is -0.105. The SMILES string of the molecule is CCNCc1n[nH]c(C)c1S(=O)(=O)NC1CCOC1. The fraction of sp³-hybridized carbons (Fsp3) is 0.727. The number of rotatable bonds is 6. The quantitative estimate of drug-likeness (QED) is 0.679. The summed E-state index contributed by atoms with van der Waals surface area (Å²) >= 11 is 0. The molecule has 0 aromatic carbocycles. The van der Waals surface area contributed by atoms with Gasteiger partial charge in [0.1, 0.15) is 4.90 Å². The highest BCUT2D eigenvalue weighted by molar-refractivity contribution is 7.89. The normalized spacial score (nSPS) is 20.0. The standard InChI is InChI=1S/C11H20N4O3S/c1-3-12-6-10-11(8(2)13-14-10)19(16,17)15-9-4-5-18-7-9/h9,12,15H,3-7H2,1-2H3,(H,13,14). The first-order valence-corrected chi connectivity index (χ1v) is 7.87. The van der Waals surface area contributed by atoms with Crippen molar-refractivity contribution in [3.8, 4) is 0 Å². The summed E-state index contributed by atoms with van der Waals surface area (Å²) in [5.74, 6) is 0. The van der Waals surface area contributed by atoms with Gasteiger partial charge in [-0.15, -0.1) is 0 Å². The van der Waals surface area contributed by atoms with E-state index in [1.807, 2.05) is 6.92 Å². The Morgan fingerprint density at radius 2 is 2.32 bits per heavy atom. The number of aromatic nitrogens is 2. The van der Waals surface area contributed by atoms with Gasteiger partial charge in [0.05, 0.1) is 18.0 Å². The fourth-order valence-corrected chi connectivity index (χ4v) is 3.71. The van der Waals surface area contributed by atoms with Gasteiger partial charge in [-0.2, -0.15) is 5.10 Å². The van der Waals surface area contributed by atoms with Crippen LogP contribution in [0, 0.1) is 6.92 Å². The molecule has 0 spiro atoms. The molecule has 0 bridgehead atoms. The van der Waals surface area contributed by atoms with E-state index in [1.165, 1.54) is 0 Å². The van der Waals surface area contributed by atoms with Gasteiger partial charge in [-0.3, -0.25) is 5.10 Å². The molecule has 1 aliphatic rings. The lowest BCUT2D eigenvalue weighted by atomic mass is 10.3. The topological polar surface area (TPSA) is 96.1 Å². The van der Waals surface area contributed by atoms with Crippen molar-refractivity contribution < 1.29 is 13.2 Å². The largest absolute Gasteiger partial charge is 0.380 e. The molecule has 19 heavy (non-hydrogen) atoms. The minimum Gasteiger partial charge on any atom is -0.380 e. The molecule has 1 atom stereocenters. The molecule has 2 heterocycles. The second kappa shape index (κ2) is 6.00. The Morgan fingerprint density at radius 1 is 1.53 bits per heavy atom. The van der Waals surface area contributed by atoms with Crippen LogP contribution in [-0.4, -0.2) is 44.4 Å². The molecular formula is C11H20N4O3S. The van der Waals surface area contributed by atoms with Crippen molar-refractivity contribution in [3.63, 3.8) is 0 Å². The van der Waals surface area contributed by atoms with Crippen molar-refractivity contribution in [2.75, 3.05) is 19.8 Å². The molecule has 1 saturated heterocycles. The number of aryl methyl sites for hydroxylation is 1. The zero-order valence-electron chi connectivity index (χ0n) is 11.2. The van der Waals surface area contributed by atoms with Crippen LogP contribution in [0.15, 0.2) is 4.90 Å².